The minimum Gasteiger partial charge on any atom is -0.283 e. The molecule has 1 saturated heterocycles. The van der Waals surface area contributed by atoms with Crippen LogP contribution in [0, 0.1) is 0 Å². The molecule has 1 aliphatic rings. The number of unbranched alkanes of at least 4 members (excludes halogenated alkanes) is 1. The van der Waals surface area contributed by atoms with Crippen molar-refractivity contribution < 1.29 is 9.59 Å². The Balaban J connectivity index is 1.78. The molecule has 2 aromatic carbocycles. The average Bonchev–Trinajstić information content (AvgIpc) is 2.97. The molecule has 0 unspecified atom stereocenters. The average molecular weight is 362 g/mol. The predicted octanol–water partition coefficient (Wildman–Crippen LogP) is 3.78. The van der Waals surface area contributed by atoms with Crippen molar-refractivity contribution in [3.8, 4) is 0 Å². The number of benzene rings is 2. The highest BCUT2D eigenvalue weighted by molar-refractivity contribution is 6.05. The fourth-order valence-electron chi connectivity index (χ4n) is 3.49. The van der Waals surface area contributed by atoms with Crippen LogP contribution in [0.15, 0.2) is 73.3 Å². The second kappa shape index (κ2) is 9.28. The molecule has 0 aromatic heterocycles. The molecule has 27 heavy (non-hydrogen) atoms. The molecule has 0 saturated carbocycles. The number of amides is 2. The molecule has 0 bridgehead atoms. The first kappa shape index (κ1) is 19.1. The van der Waals surface area contributed by atoms with E-state index in [2.05, 4.69) is 35.7 Å². The lowest BCUT2D eigenvalue weighted by atomic mass is 10.1. The summed E-state index contributed by atoms with van der Waals surface area (Å²) in [7, 11) is 0. The second-order valence-electron chi connectivity index (χ2n) is 6.91. The second-order valence-corrected chi connectivity index (χ2v) is 6.91. The molecule has 0 spiro atoms. The van der Waals surface area contributed by atoms with Gasteiger partial charge in [-0.2, -0.15) is 0 Å². The van der Waals surface area contributed by atoms with Crippen molar-refractivity contribution in [2.24, 2.45) is 0 Å². The zero-order valence-corrected chi connectivity index (χ0v) is 15.6. The van der Waals surface area contributed by atoms with E-state index in [-0.39, 0.29) is 18.2 Å². The van der Waals surface area contributed by atoms with E-state index in [4.69, 9.17) is 0 Å². The number of carbonyl (C=O) groups excluding carboxylic acids is 2. The van der Waals surface area contributed by atoms with Gasteiger partial charge in [-0.1, -0.05) is 66.7 Å². The number of carbonyl (C=O) groups is 2. The van der Waals surface area contributed by atoms with Crippen molar-refractivity contribution >= 4 is 11.8 Å². The number of nitrogens with zero attached hydrogens (tertiary/aromatic N) is 2. The summed E-state index contributed by atoms with van der Waals surface area (Å²) in [5.41, 5.74) is 2.28. The number of likely N-dealkylation sites (tertiary alicyclic amines) is 1. The lowest BCUT2D eigenvalue weighted by molar-refractivity contribution is -0.139. The summed E-state index contributed by atoms with van der Waals surface area (Å²) in [6, 6.07) is 19.8. The van der Waals surface area contributed by atoms with Gasteiger partial charge in [0.2, 0.25) is 11.8 Å². The minimum atomic E-state index is -0.401. The van der Waals surface area contributed by atoms with Gasteiger partial charge in [0, 0.05) is 19.6 Å². The monoisotopic (exact) mass is 362 g/mol. The topological polar surface area (TPSA) is 40.6 Å². The van der Waals surface area contributed by atoms with Gasteiger partial charge in [0.25, 0.3) is 0 Å². The Morgan fingerprint density at radius 3 is 2.04 bits per heavy atom. The van der Waals surface area contributed by atoms with Crippen LogP contribution in [0.5, 0.6) is 0 Å². The quantitative estimate of drug-likeness (QED) is 0.387. The first-order valence-corrected chi connectivity index (χ1v) is 9.46. The van der Waals surface area contributed by atoms with Crippen LogP contribution in [0.2, 0.25) is 0 Å². The van der Waals surface area contributed by atoms with Gasteiger partial charge in [-0.25, -0.2) is 0 Å². The maximum absolute atomic E-state index is 13.0. The molecule has 1 heterocycles. The first-order valence-electron chi connectivity index (χ1n) is 9.46. The molecule has 4 nitrogen and oxygen atoms in total. The smallest absolute Gasteiger partial charge is 0.247 e. The Hall–Kier alpha value is -2.72. The van der Waals surface area contributed by atoms with Crippen LogP contribution in [0.3, 0.4) is 0 Å². The Bertz CT molecular complexity index is 732. The summed E-state index contributed by atoms with van der Waals surface area (Å²) >= 11 is 0. The molecule has 0 aliphatic carbocycles. The fraction of sp³-hybridized carbons (Fsp3) is 0.304. The summed E-state index contributed by atoms with van der Waals surface area (Å²) in [5, 5.41) is 0. The molecule has 4 heteroatoms. The highest BCUT2D eigenvalue weighted by Gasteiger charge is 2.41. The molecule has 1 fully saturated rings. The molecule has 0 N–H and O–H groups in total. The van der Waals surface area contributed by atoms with Crippen LogP contribution in [0.4, 0.5) is 0 Å². The van der Waals surface area contributed by atoms with E-state index in [1.54, 1.807) is 0 Å². The predicted molar refractivity (Wildman–Crippen MR) is 107 cm³/mol. The van der Waals surface area contributed by atoms with Gasteiger partial charge in [0.1, 0.15) is 0 Å². The summed E-state index contributed by atoms with van der Waals surface area (Å²) in [6.45, 7) is 5.46. The largest absolute Gasteiger partial charge is 0.283 e. The number of imide groups is 1. The van der Waals surface area contributed by atoms with Crippen molar-refractivity contribution in [2.45, 2.75) is 38.4 Å². The Morgan fingerprint density at radius 2 is 1.52 bits per heavy atom. The van der Waals surface area contributed by atoms with Crippen molar-refractivity contribution in [1.29, 1.82) is 0 Å². The first-order chi connectivity index (χ1) is 13.2. The molecule has 1 aliphatic heterocycles. The molecular weight excluding hydrogens is 336 g/mol. The Labute approximate surface area is 161 Å². The zero-order chi connectivity index (χ0) is 19.1. The molecule has 3 rings (SSSR count). The molecule has 0 radical (unpaired) electrons. The number of hydrogen-bond acceptors (Lipinski definition) is 3. The highest BCUT2D eigenvalue weighted by atomic mass is 16.2. The van der Waals surface area contributed by atoms with Crippen LogP contribution >= 0.6 is 0 Å². The van der Waals surface area contributed by atoms with Gasteiger partial charge in [-0.05, 0) is 24.0 Å². The van der Waals surface area contributed by atoms with Gasteiger partial charge in [-0.3, -0.25) is 19.4 Å². The fourth-order valence-corrected chi connectivity index (χ4v) is 3.49. The lowest BCUT2D eigenvalue weighted by Gasteiger charge is -2.27. The molecule has 2 aromatic rings. The van der Waals surface area contributed by atoms with E-state index in [0.717, 1.165) is 24.0 Å². The number of rotatable bonds is 9. The van der Waals surface area contributed by atoms with E-state index in [1.165, 1.54) is 4.90 Å². The van der Waals surface area contributed by atoms with Gasteiger partial charge in [-0.15, -0.1) is 6.58 Å². The van der Waals surface area contributed by atoms with Crippen LogP contribution in [-0.4, -0.2) is 34.2 Å². The third kappa shape index (κ3) is 4.92. The number of hydrogen-bond donors (Lipinski definition) is 0. The van der Waals surface area contributed by atoms with E-state index >= 15 is 0 Å². The lowest BCUT2D eigenvalue weighted by Crippen LogP contribution is -2.41. The third-order valence-corrected chi connectivity index (χ3v) is 4.91. The standard InChI is InChI=1S/C23H26N2O2/c1-2-3-10-15-25-22(26)16-21(23(25)27)24(17-19-11-6-4-7-12-19)18-20-13-8-5-9-14-20/h2,4-9,11-14,21H,1,3,10,15-18H2/t21-/m0/s1. The summed E-state index contributed by atoms with van der Waals surface area (Å²) in [4.78, 5) is 29.0. The van der Waals surface area contributed by atoms with Gasteiger partial charge in [0.05, 0.1) is 12.5 Å². The van der Waals surface area contributed by atoms with E-state index < -0.39 is 6.04 Å². The Kier molecular flexibility index (Phi) is 6.55. The molecule has 140 valence electrons. The van der Waals surface area contributed by atoms with Crippen LogP contribution in [0.1, 0.15) is 30.4 Å². The number of allylic oxidation sites excluding steroid dienone is 1. The van der Waals surface area contributed by atoms with E-state index in [0.29, 0.717) is 19.6 Å². The van der Waals surface area contributed by atoms with Gasteiger partial charge in [0.15, 0.2) is 0 Å². The van der Waals surface area contributed by atoms with Crippen molar-refractivity contribution in [1.82, 2.24) is 9.80 Å². The molecular formula is C23H26N2O2. The minimum absolute atomic E-state index is 0.0693. The SMILES string of the molecule is C=CCCCN1C(=O)C[C@H](N(Cc2ccccc2)Cc2ccccc2)C1=O. The maximum atomic E-state index is 13.0. The van der Waals surface area contributed by atoms with Crippen LogP contribution < -0.4 is 0 Å². The maximum Gasteiger partial charge on any atom is 0.247 e. The molecule has 2 amide bonds. The summed E-state index contributed by atoms with van der Waals surface area (Å²) in [6.07, 6.45) is 3.65. The van der Waals surface area contributed by atoms with E-state index in [9.17, 15) is 9.59 Å². The molecule has 1 atom stereocenters. The third-order valence-electron chi connectivity index (χ3n) is 4.91. The van der Waals surface area contributed by atoms with Crippen molar-refractivity contribution in [3.63, 3.8) is 0 Å². The normalized spacial score (nSPS) is 16.9. The van der Waals surface area contributed by atoms with Crippen molar-refractivity contribution in [2.75, 3.05) is 6.54 Å². The Morgan fingerprint density at radius 1 is 0.963 bits per heavy atom. The van der Waals surface area contributed by atoms with Crippen molar-refractivity contribution in [3.05, 3.63) is 84.4 Å². The zero-order valence-electron chi connectivity index (χ0n) is 15.6. The summed E-state index contributed by atoms with van der Waals surface area (Å²) < 4.78 is 0. The van der Waals surface area contributed by atoms with E-state index in [1.807, 2.05) is 42.5 Å². The van der Waals surface area contributed by atoms with Gasteiger partial charge >= 0.3 is 0 Å². The van der Waals surface area contributed by atoms with Crippen LogP contribution in [0.25, 0.3) is 0 Å². The van der Waals surface area contributed by atoms with Gasteiger partial charge < -0.3 is 0 Å². The highest BCUT2D eigenvalue weighted by Crippen LogP contribution is 2.23. The summed E-state index contributed by atoms with van der Waals surface area (Å²) in [5.74, 6) is -0.142. The van der Waals surface area contributed by atoms with Crippen LogP contribution in [-0.2, 0) is 22.7 Å².